The number of piperidine rings is 1. The molecule has 0 radical (unpaired) electrons. The molecular weight excluding hydrogens is 421 g/mol. The fourth-order valence-corrected chi connectivity index (χ4v) is 3.69. The number of hydrogen-bond donors (Lipinski definition) is 2. The van der Waals surface area contributed by atoms with Crippen LogP contribution in [-0.2, 0) is 9.53 Å². The molecule has 6 nitrogen and oxygen atoms in total. The topological polar surface area (TPSA) is 74.2 Å². The van der Waals surface area contributed by atoms with Crippen molar-refractivity contribution in [3.8, 4) is 0 Å². The molecule has 7 heteroatoms. The van der Waals surface area contributed by atoms with Gasteiger partial charge in [-0.25, -0.2) is 0 Å². The van der Waals surface area contributed by atoms with Crippen molar-refractivity contribution in [2.75, 3.05) is 33.8 Å². The average molecular weight is 453 g/mol. The lowest BCUT2D eigenvalue weighted by molar-refractivity contribution is -0.146. The number of halogens is 1. The summed E-state index contributed by atoms with van der Waals surface area (Å²) in [5.41, 5.74) is -0.0848. The van der Waals surface area contributed by atoms with Crippen LogP contribution >= 0.6 is 24.0 Å². The third-order valence-corrected chi connectivity index (χ3v) is 5.47. The summed E-state index contributed by atoms with van der Waals surface area (Å²) in [6, 6.07) is 0. The number of nitrogens with zero attached hydrogens (tertiary/aromatic N) is 2. The second-order valence-corrected chi connectivity index (χ2v) is 7.10. The average Bonchev–Trinajstić information content (AvgIpc) is 2.58. The van der Waals surface area contributed by atoms with Crippen LogP contribution in [0.3, 0.4) is 0 Å². The Balaban J connectivity index is 0.00000288. The Morgan fingerprint density at radius 3 is 2.54 bits per heavy atom. The van der Waals surface area contributed by atoms with Gasteiger partial charge in [-0.05, 0) is 25.7 Å². The Hall–Kier alpha value is -0.570. The summed E-state index contributed by atoms with van der Waals surface area (Å²) in [4.78, 5) is 18.2. The highest BCUT2D eigenvalue weighted by Crippen LogP contribution is 2.35. The van der Waals surface area contributed by atoms with Crippen molar-refractivity contribution in [1.82, 2.24) is 10.2 Å². The molecule has 1 aliphatic heterocycles. The number of ether oxygens (including phenoxy) is 1. The van der Waals surface area contributed by atoms with Crippen LogP contribution in [0.1, 0.15) is 45.4 Å². The van der Waals surface area contributed by atoms with E-state index in [9.17, 15) is 9.90 Å². The number of esters is 1. The SMILES string of the molecule is CN=C(NCC1(C)CCCCC1O)N1CCC(C(=O)OC)CC1.I. The molecule has 0 bridgehead atoms. The van der Waals surface area contributed by atoms with Crippen LogP contribution in [0.5, 0.6) is 0 Å². The van der Waals surface area contributed by atoms with Crippen LogP contribution in [0.25, 0.3) is 0 Å². The van der Waals surface area contributed by atoms with Gasteiger partial charge in [0.15, 0.2) is 5.96 Å². The molecule has 24 heavy (non-hydrogen) atoms. The number of methoxy groups -OCH3 is 1. The quantitative estimate of drug-likeness (QED) is 0.296. The molecule has 2 unspecified atom stereocenters. The lowest BCUT2D eigenvalue weighted by Gasteiger charge is -2.40. The maximum atomic E-state index is 11.6. The van der Waals surface area contributed by atoms with Gasteiger partial charge in [-0.15, -0.1) is 24.0 Å². The van der Waals surface area contributed by atoms with E-state index in [0.29, 0.717) is 0 Å². The number of rotatable bonds is 3. The van der Waals surface area contributed by atoms with Crippen LogP contribution in [0.4, 0.5) is 0 Å². The summed E-state index contributed by atoms with van der Waals surface area (Å²) in [6.07, 6.45) is 5.59. The molecule has 1 heterocycles. The Morgan fingerprint density at radius 2 is 2.00 bits per heavy atom. The van der Waals surface area contributed by atoms with Crippen molar-refractivity contribution >= 4 is 35.9 Å². The van der Waals surface area contributed by atoms with E-state index in [2.05, 4.69) is 22.1 Å². The van der Waals surface area contributed by atoms with Gasteiger partial charge in [-0.1, -0.05) is 19.8 Å². The van der Waals surface area contributed by atoms with Crippen LogP contribution in [0.2, 0.25) is 0 Å². The number of hydrogen-bond acceptors (Lipinski definition) is 4. The first-order valence-corrected chi connectivity index (χ1v) is 8.71. The molecule has 2 aliphatic rings. The Bertz CT molecular complexity index is 439. The van der Waals surface area contributed by atoms with Crippen LogP contribution in [0.15, 0.2) is 4.99 Å². The van der Waals surface area contributed by atoms with Crippen molar-refractivity contribution in [3.63, 3.8) is 0 Å². The van der Waals surface area contributed by atoms with Crippen molar-refractivity contribution in [2.24, 2.45) is 16.3 Å². The van der Waals surface area contributed by atoms with E-state index in [4.69, 9.17) is 4.74 Å². The number of aliphatic hydroxyl groups excluding tert-OH is 1. The molecule has 1 aliphatic carbocycles. The van der Waals surface area contributed by atoms with E-state index in [1.807, 2.05) is 0 Å². The highest BCUT2D eigenvalue weighted by molar-refractivity contribution is 14.0. The van der Waals surface area contributed by atoms with Crippen LogP contribution in [0, 0.1) is 11.3 Å². The van der Waals surface area contributed by atoms with E-state index < -0.39 is 0 Å². The maximum Gasteiger partial charge on any atom is 0.308 e. The third-order valence-electron chi connectivity index (χ3n) is 5.47. The predicted octanol–water partition coefficient (Wildman–Crippen LogP) is 2.01. The van der Waals surface area contributed by atoms with E-state index in [1.54, 1.807) is 7.05 Å². The molecular formula is C17H32IN3O3. The van der Waals surface area contributed by atoms with Gasteiger partial charge in [0.25, 0.3) is 0 Å². The molecule has 2 N–H and O–H groups in total. The fraction of sp³-hybridized carbons (Fsp3) is 0.882. The molecule has 1 saturated heterocycles. The smallest absolute Gasteiger partial charge is 0.308 e. The van der Waals surface area contributed by atoms with Crippen LogP contribution in [-0.4, -0.2) is 61.8 Å². The summed E-state index contributed by atoms with van der Waals surface area (Å²) in [5.74, 6) is 0.768. The van der Waals surface area contributed by atoms with Gasteiger partial charge in [0, 0.05) is 32.1 Å². The minimum atomic E-state index is -0.244. The molecule has 0 aromatic rings. The monoisotopic (exact) mass is 453 g/mol. The molecule has 0 amide bonds. The molecule has 0 aromatic carbocycles. The number of carbonyl (C=O) groups is 1. The molecule has 2 rings (SSSR count). The lowest BCUT2D eigenvalue weighted by Crippen LogP contribution is -2.51. The van der Waals surface area contributed by atoms with Crippen molar-refractivity contribution in [3.05, 3.63) is 0 Å². The van der Waals surface area contributed by atoms with E-state index in [1.165, 1.54) is 13.5 Å². The number of aliphatic hydroxyl groups is 1. The first-order chi connectivity index (χ1) is 11.0. The number of guanidine groups is 1. The second-order valence-electron chi connectivity index (χ2n) is 7.10. The van der Waals surface area contributed by atoms with Gasteiger partial charge in [-0.2, -0.15) is 0 Å². The number of likely N-dealkylation sites (tertiary alicyclic amines) is 1. The number of nitrogens with one attached hydrogen (secondary N) is 1. The highest BCUT2D eigenvalue weighted by Gasteiger charge is 2.36. The Labute approximate surface area is 162 Å². The van der Waals surface area contributed by atoms with Gasteiger partial charge in [0.2, 0.25) is 0 Å². The highest BCUT2D eigenvalue weighted by atomic mass is 127. The standard InChI is InChI=1S/C17H31N3O3.HI/c1-17(9-5-4-6-14(17)21)12-19-16(18-2)20-10-7-13(8-11-20)15(22)23-3;/h13-14,21H,4-12H2,1-3H3,(H,18,19);1H. The molecule has 2 fully saturated rings. The zero-order chi connectivity index (χ0) is 16.9. The van der Waals surface area contributed by atoms with E-state index >= 15 is 0 Å². The number of carbonyl (C=O) groups excluding carboxylic acids is 1. The Kier molecular flexibility index (Phi) is 8.76. The fourth-order valence-electron chi connectivity index (χ4n) is 3.69. The van der Waals surface area contributed by atoms with Gasteiger partial charge in [0.1, 0.15) is 0 Å². The van der Waals surface area contributed by atoms with E-state index in [0.717, 1.165) is 57.7 Å². The largest absolute Gasteiger partial charge is 0.469 e. The van der Waals surface area contributed by atoms with E-state index in [-0.39, 0.29) is 47.4 Å². The predicted molar refractivity (Wildman–Crippen MR) is 106 cm³/mol. The lowest BCUT2D eigenvalue weighted by atomic mass is 9.73. The van der Waals surface area contributed by atoms with Gasteiger partial charge in [-0.3, -0.25) is 9.79 Å². The minimum absolute atomic E-state index is 0. The first-order valence-electron chi connectivity index (χ1n) is 8.71. The first kappa shape index (κ1) is 21.5. The summed E-state index contributed by atoms with van der Waals surface area (Å²) >= 11 is 0. The van der Waals surface area contributed by atoms with Gasteiger partial charge < -0.3 is 20.1 Å². The summed E-state index contributed by atoms with van der Waals surface area (Å²) < 4.78 is 4.83. The summed E-state index contributed by atoms with van der Waals surface area (Å²) in [5, 5.41) is 13.7. The molecule has 1 saturated carbocycles. The van der Waals surface area contributed by atoms with Crippen LogP contribution < -0.4 is 5.32 Å². The third kappa shape index (κ3) is 5.21. The van der Waals surface area contributed by atoms with Gasteiger partial charge >= 0.3 is 5.97 Å². The second kappa shape index (κ2) is 9.79. The maximum absolute atomic E-state index is 11.6. The zero-order valence-electron chi connectivity index (χ0n) is 15.1. The van der Waals surface area contributed by atoms with Gasteiger partial charge in [0.05, 0.1) is 19.1 Å². The minimum Gasteiger partial charge on any atom is -0.469 e. The molecule has 0 spiro atoms. The zero-order valence-corrected chi connectivity index (χ0v) is 17.4. The number of aliphatic imine (C=N–C) groups is 1. The summed E-state index contributed by atoms with van der Waals surface area (Å²) in [6.45, 7) is 4.50. The Morgan fingerprint density at radius 1 is 1.33 bits per heavy atom. The van der Waals surface area contributed by atoms with Crippen molar-refractivity contribution in [1.29, 1.82) is 0 Å². The molecule has 2 atom stereocenters. The molecule has 0 aromatic heterocycles. The molecule has 140 valence electrons. The normalized spacial score (nSPS) is 28.9. The summed E-state index contributed by atoms with van der Waals surface area (Å²) in [7, 11) is 3.24. The van der Waals surface area contributed by atoms with Crippen molar-refractivity contribution in [2.45, 2.75) is 51.6 Å². The van der Waals surface area contributed by atoms with Crippen molar-refractivity contribution < 1.29 is 14.6 Å².